The maximum absolute atomic E-state index is 12.1. The van der Waals surface area contributed by atoms with Crippen LogP contribution < -0.4 is 10.6 Å². The summed E-state index contributed by atoms with van der Waals surface area (Å²) < 4.78 is 5.29. The molecule has 0 radical (unpaired) electrons. The van der Waals surface area contributed by atoms with E-state index in [9.17, 15) is 4.79 Å². The van der Waals surface area contributed by atoms with Gasteiger partial charge in [-0.05, 0) is 31.0 Å². The first-order chi connectivity index (χ1) is 8.81. The number of nitrogens with one attached hydrogen (secondary N) is 2. The van der Waals surface area contributed by atoms with Crippen molar-refractivity contribution in [1.82, 2.24) is 10.6 Å². The summed E-state index contributed by atoms with van der Waals surface area (Å²) in [6.45, 7) is 2.76. The molecule has 18 heavy (non-hydrogen) atoms. The average Bonchev–Trinajstić information content (AvgIpc) is 2.92. The van der Waals surface area contributed by atoms with Crippen molar-refractivity contribution >= 4 is 5.91 Å². The molecule has 1 fully saturated rings. The molecule has 1 aromatic rings. The van der Waals surface area contributed by atoms with Crippen molar-refractivity contribution < 1.29 is 9.53 Å². The first kappa shape index (κ1) is 13.1. The van der Waals surface area contributed by atoms with E-state index < -0.39 is 6.10 Å². The number of ether oxygens (including phenoxy) is 1. The highest BCUT2D eigenvalue weighted by Crippen LogP contribution is 2.16. The summed E-state index contributed by atoms with van der Waals surface area (Å²) in [6, 6.07) is 9.57. The van der Waals surface area contributed by atoms with Crippen LogP contribution in [0.15, 0.2) is 30.3 Å². The first-order valence-electron chi connectivity index (χ1n) is 6.37. The van der Waals surface area contributed by atoms with Crippen molar-refractivity contribution in [2.75, 3.05) is 26.7 Å². The highest BCUT2D eigenvalue weighted by atomic mass is 16.5. The molecule has 2 unspecified atom stereocenters. The lowest BCUT2D eigenvalue weighted by atomic mass is 10.1. The molecule has 0 spiro atoms. The van der Waals surface area contributed by atoms with Crippen molar-refractivity contribution in [2.45, 2.75) is 12.5 Å². The van der Waals surface area contributed by atoms with Gasteiger partial charge in [0.15, 0.2) is 6.10 Å². The molecule has 1 aromatic carbocycles. The molecular formula is C14H20N2O2. The number of hydrogen-bond acceptors (Lipinski definition) is 3. The number of methoxy groups -OCH3 is 1. The minimum atomic E-state index is -0.513. The number of carbonyl (C=O) groups excluding carboxylic acids is 1. The molecule has 1 heterocycles. The minimum absolute atomic E-state index is 0.0596. The maximum Gasteiger partial charge on any atom is 0.253 e. The lowest BCUT2D eigenvalue weighted by Gasteiger charge is -2.17. The molecule has 1 amide bonds. The molecule has 0 saturated carbocycles. The van der Waals surface area contributed by atoms with Gasteiger partial charge in [0.2, 0.25) is 0 Å². The average molecular weight is 248 g/mol. The third-order valence-electron chi connectivity index (χ3n) is 3.30. The maximum atomic E-state index is 12.1. The van der Waals surface area contributed by atoms with Gasteiger partial charge in [-0.15, -0.1) is 0 Å². The van der Waals surface area contributed by atoms with E-state index in [-0.39, 0.29) is 5.91 Å². The van der Waals surface area contributed by atoms with E-state index >= 15 is 0 Å². The third kappa shape index (κ3) is 3.31. The van der Waals surface area contributed by atoms with Crippen LogP contribution in [0, 0.1) is 5.92 Å². The number of amides is 1. The van der Waals surface area contributed by atoms with Crippen LogP contribution in [0.1, 0.15) is 18.1 Å². The molecular weight excluding hydrogens is 228 g/mol. The number of carbonyl (C=O) groups is 1. The number of benzene rings is 1. The Labute approximate surface area is 108 Å². The van der Waals surface area contributed by atoms with Crippen LogP contribution in [-0.2, 0) is 9.53 Å². The van der Waals surface area contributed by atoms with E-state index in [1.807, 2.05) is 30.3 Å². The van der Waals surface area contributed by atoms with Gasteiger partial charge in [0.05, 0.1) is 0 Å². The van der Waals surface area contributed by atoms with Crippen LogP contribution in [0.25, 0.3) is 0 Å². The molecule has 0 aliphatic carbocycles. The summed E-state index contributed by atoms with van der Waals surface area (Å²) in [5, 5.41) is 6.26. The van der Waals surface area contributed by atoms with Crippen molar-refractivity contribution in [2.24, 2.45) is 5.92 Å². The fraction of sp³-hybridized carbons (Fsp3) is 0.500. The number of rotatable bonds is 5. The zero-order valence-electron chi connectivity index (χ0n) is 10.7. The third-order valence-corrected chi connectivity index (χ3v) is 3.30. The molecule has 4 nitrogen and oxygen atoms in total. The van der Waals surface area contributed by atoms with E-state index in [0.717, 1.165) is 31.6 Å². The Bertz CT molecular complexity index is 375. The molecule has 1 saturated heterocycles. The second kappa shape index (κ2) is 6.52. The van der Waals surface area contributed by atoms with Crippen LogP contribution >= 0.6 is 0 Å². The Kier molecular flexibility index (Phi) is 4.73. The molecule has 2 rings (SSSR count). The summed E-state index contributed by atoms with van der Waals surface area (Å²) in [7, 11) is 1.56. The van der Waals surface area contributed by atoms with Crippen molar-refractivity contribution in [1.29, 1.82) is 0 Å². The van der Waals surface area contributed by atoms with Gasteiger partial charge in [-0.1, -0.05) is 30.3 Å². The Morgan fingerprint density at radius 2 is 2.28 bits per heavy atom. The summed E-state index contributed by atoms with van der Waals surface area (Å²) in [6.07, 6.45) is 0.615. The van der Waals surface area contributed by atoms with E-state index in [4.69, 9.17) is 4.74 Å². The number of hydrogen-bond donors (Lipinski definition) is 2. The minimum Gasteiger partial charge on any atom is -0.367 e. The predicted molar refractivity (Wildman–Crippen MR) is 70.2 cm³/mol. The Morgan fingerprint density at radius 3 is 2.89 bits per heavy atom. The summed E-state index contributed by atoms with van der Waals surface area (Å²) in [4.78, 5) is 12.1. The van der Waals surface area contributed by atoms with Gasteiger partial charge >= 0.3 is 0 Å². The zero-order chi connectivity index (χ0) is 12.8. The summed E-state index contributed by atoms with van der Waals surface area (Å²) >= 11 is 0. The van der Waals surface area contributed by atoms with Crippen LogP contribution in [0.3, 0.4) is 0 Å². The smallest absolute Gasteiger partial charge is 0.253 e. The Balaban J connectivity index is 1.89. The molecule has 0 bridgehead atoms. The van der Waals surface area contributed by atoms with Gasteiger partial charge in [-0.3, -0.25) is 4.79 Å². The highest BCUT2D eigenvalue weighted by molar-refractivity contribution is 5.82. The summed E-state index contributed by atoms with van der Waals surface area (Å²) in [5.74, 6) is 0.484. The molecule has 0 aromatic heterocycles. The van der Waals surface area contributed by atoms with Gasteiger partial charge in [0.1, 0.15) is 0 Å². The van der Waals surface area contributed by atoms with E-state index in [0.29, 0.717) is 5.92 Å². The molecule has 1 aliphatic heterocycles. The van der Waals surface area contributed by atoms with E-state index in [1.54, 1.807) is 7.11 Å². The van der Waals surface area contributed by atoms with Gasteiger partial charge in [0, 0.05) is 13.7 Å². The van der Waals surface area contributed by atoms with E-state index in [2.05, 4.69) is 10.6 Å². The SMILES string of the molecule is COC(C(=O)NCC1CCNC1)c1ccccc1. The molecule has 4 heteroatoms. The molecule has 1 aliphatic rings. The fourth-order valence-corrected chi connectivity index (χ4v) is 2.25. The van der Waals surface area contributed by atoms with Crippen LogP contribution in [0.5, 0.6) is 0 Å². The second-order valence-corrected chi connectivity index (χ2v) is 4.63. The summed E-state index contributed by atoms with van der Waals surface area (Å²) in [5.41, 5.74) is 0.891. The first-order valence-corrected chi connectivity index (χ1v) is 6.37. The van der Waals surface area contributed by atoms with E-state index in [1.165, 1.54) is 0 Å². The fourth-order valence-electron chi connectivity index (χ4n) is 2.25. The normalized spacial score (nSPS) is 20.6. The van der Waals surface area contributed by atoms with Gasteiger partial charge in [-0.2, -0.15) is 0 Å². The van der Waals surface area contributed by atoms with Crippen molar-refractivity contribution in [3.05, 3.63) is 35.9 Å². The molecule has 98 valence electrons. The van der Waals surface area contributed by atoms with Crippen LogP contribution in [-0.4, -0.2) is 32.7 Å². The largest absolute Gasteiger partial charge is 0.367 e. The Hall–Kier alpha value is -1.39. The lowest BCUT2D eigenvalue weighted by Crippen LogP contribution is -2.34. The van der Waals surface area contributed by atoms with Gasteiger partial charge in [0.25, 0.3) is 5.91 Å². The highest BCUT2D eigenvalue weighted by Gasteiger charge is 2.21. The van der Waals surface area contributed by atoms with Gasteiger partial charge < -0.3 is 15.4 Å². The Morgan fingerprint density at radius 1 is 1.50 bits per heavy atom. The topological polar surface area (TPSA) is 50.4 Å². The standard InChI is InChI=1S/C14H20N2O2/c1-18-13(12-5-3-2-4-6-12)14(17)16-10-11-7-8-15-9-11/h2-6,11,13,15H,7-10H2,1H3,(H,16,17). The van der Waals surface area contributed by atoms with Crippen molar-refractivity contribution in [3.63, 3.8) is 0 Å². The zero-order valence-corrected chi connectivity index (χ0v) is 10.7. The van der Waals surface area contributed by atoms with Gasteiger partial charge in [-0.25, -0.2) is 0 Å². The lowest BCUT2D eigenvalue weighted by molar-refractivity contribution is -0.131. The molecule has 2 N–H and O–H groups in total. The monoisotopic (exact) mass is 248 g/mol. The second-order valence-electron chi connectivity index (χ2n) is 4.63. The van der Waals surface area contributed by atoms with Crippen LogP contribution in [0.2, 0.25) is 0 Å². The van der Waals surface area contributed by atoms with Crippen molar-refractivity contribution in [3.8, 4) is 0 Å². The quantitative estimate of drug-likeness (QED) is 0.820. The predicted octanol–water partition coefficient (Wildman–Crippen LogP) is 1.10. The molecule has 2 atom stereocenters. The van der Waals surface area contributed by atoms with Crippen LogP contribution in [0.4, 0.5) is 0 Å².